The quantitative estimate of drug-likeness (QED) is 0.891. The molecule has 0 aliphatic carbocycles. The molecule has 0 bridgehead atoms. The van der Waals surface area contributed by atoms with Crippen LogP contribution in [-0.2, 0) is 10.0 Å². The second-order valence-electron chi connectivity index (χ2n) is 4.58. The third-order valence-corrected chi connectivity index (χ3v) is 4.59. The van der Waals surface area contributed by atoms with Crippen molar-refractivity contribution < 1.29 is 12.8 Å². The number of piperidine rings is 1. The van der Waals surface area contributed by atoms with Gasteiger partial charge in [-0.05, 0) is 44.0 Å². The van der Waals surface area contributed by atoms with Crippen molar-refractivity contribution in [2.24, 2.45) is 0 Å². The first-order valence-corrected chi connectivity index (χ1v) is 7.46. The van der Waals surface area contributed by atoms with Crippen LogP contribution in [0, 0.1) is 12.7 Å². The van der Waals surface area contributed by atoms with Gasteiger partial charge in [0.25, 0.3) is 0 Å². The van der Waals surface area contributed by atoms with E-state index in [4.69, 9.17) is 0 Å². The van der Waals surface area contributed by atoms with Crippen LogP contribution in [0.25, 0.3) is 0 Å². The van der Waals surface area contributed by atoms with Gasteiger partial charge in [0.1, 0.15) is 5.82 Å². The van der Waals surface area contributed by atoms with Crippen LogP contribution in [0.4, 0.5) is 4.39 Å². The molecule has 0 aromatic heterocycles. The highest BCUT2D eigenvalue weighted by Gasteiger charge is 2.22. The molecule has 1 aromatic rings. The molecule has 1 heterocycles. The van der Waals surface area contributed by atoms with E-state index in [2.05, 4.69) is 10.0 Å². The molecule has 0 spiro atoms. The number of hydrogen-bond acceptors (Lipinski definition) is 3. The van der Waals surface area contributed by atoms with E-state index in [1.165, 1.54) is 12.1 Å². The van der Waals surface area contributed by atoms with Gasteiger partial charge in [0, 0.05) is 12.6 Å². The predicted molar refractivity (Wildman–Crippen MR) is 74.6 cm³/mol. The molecule has 2 N–H and O–H groups in total. The van der Waals surface area contributed by atoms with Crippen molar-refractivity contribution in [3.8, 4) is 0 Å². The van der Waals surface area contributed by atoms with Crippen LogP contribution in [0.5, 0.6) is 0 Å². The van der Waals surface area contributed by atoms with Gasteiger partial charge < -0.3 is 5.32 Å². The van der Waals surface area contributed by atoms with E-state index in [9.17, 15) is 12.8 Å². The highest BCUT2D eigenvalue weighted by molar-refractivity contribution is 7.89. The van der Waals surface area contributed by atoms with Crippen LogP contribution in [0.15, 0.2) is 23.1 Å². The van der Waals surface area contributed by atoms with Crippen molar-refractivity contribution in [2.45, 2.75) is 30.7 Å². The maximum absolute atomic E-state index is 13.4. The minimum Gasteiger partial charge on any atom is -0.315 e. The van der Waals surface area contributed by atoms with Crippen LogP contribution in [-0.4, -0.2) is 27.5 Å². The zero-order valence-electron chi connectivity index (χ0n) is 10.6. The van der Waals surface area contributed by atoms with E-state index < -0.39 is 15.8 Å². The van der Waals surface area contributed by atoms with E-state index in [-0.39, 0.29) is 23.3 Å². The molecule has 0 saturated carbocycles. The SMILES string of the molecule is Cc1ccc(S(=O)(=O)N[C@@H]2CCCNC2)cc1F.Cl. The molecule has 2 rings (SSSR count). The van der Waals surface area contributed by atoms with Crippen LogP contribution in [0.2, 0.25) is 0 Å². The Balaban J connectivity index is 0.00000180. The van der Waals surface area contributed by atoms with Gasteiger partial charge in [0.2, 0.25) is 10.0 Å². The van der Waals surface area contributed by atoms with Gasteiger partial charge in [-0.3, -0.25) is 0 Å². The van der Waals surface area contributed by atoms with Crippen molar-refractivity contribution >= 4 is 22.4 Å². The van der Waals surface area contributed by atoms with E-state index in [1.807, 2.05) is 0 Å². The molecule has 19 heavy (non-hydrogen) atoms. The normalized spacial score (nSPS) is 19.8. The van der Waals surface area contributed by atoms with E-state index in [0.29, 0.717) is 12.1 Å². The second-order valence-corrected chi connectivity index (χ2v) is 6.29. The fourth-order valence-corrected chi connectivity index (χ4v) is 3.26. The van der Waals surface area contributed by atoms with Crippen molar-refractivity contribution in [1.82, 2.24) is 10.0 Å². The number of aryl methyl sites for hydroxylation is 1. The molecule has 1 aromatic carbocycles. The first kappa shape index (κ1) is 16.4. The molecule has 0 radical (unpaired) electrons. The van der Waals surface area contributed by atoms with Gasteiger partial charge in [0.15, 0.2) is 0 Å². The van der Waals surface area contributed by atoms with Crippen molar-refractivity contribution in [3.05, 3.63) is 29.6 Å². The second kappa shape index (κ2) is 6.65. The Morgan fingerprint density at radius 1 is 1.42 bits per heavy atom. The highest BCUT2D eigenvalue weighted by Crippen LogP contribution is 2.15. The summed E-state index contributed by atoms with van der Waals surface area (Å²) in [5.74, 6) is -0.500. The fraction of sp³-hybridized carbons (Fsp3) is 0.500. The van der Waals surface area contributed by atoms with Crippen molar-refractivity contribution in [1.29, 1.82) is 0 Å². The molecular weight excluding hydrogens is 291 g/mol. The summed E-state index contributed by atoms with van der Waals surface area (Å²) in [7, 11) is -3.63. The van der Waals surface area contributed by atoms with Crippen LogP contribution in [0.1, 0.15) is 18.4 Å². The zero-order chi connectivity index (χ0) is 13.2. The Hall–Kier alpha value is -0.690. The van der Waals surface area contributed by atoms with Crippen molar-refractivity contribution in [2.75, 3.05) is 13.1 Å². The number of halogens is 2. The Morgan fingerprint density at radius 2 is 2.16 bits per heavy atom. The molecule has 0 unspecified atom stereocenters. The summed E-state index contributed by atoms with van der Waals surface area (Å²) in [4.78, 5) is -0.0174. The van der Waals surface area contributed by atoms with Gasteiger partial charge in [0.05, 0.1) is 4.90 Å². The van der Waals surface area contributed by atoms with Crippen LogP contribution in [0.3, 0.4) is 0 Å². The summed E-state index contributed by atoms with van der Waals surface area (Å²) < 4.78 is 40.1. The number of sulfonamides is 1. The summed E-state index contributed by atoms with van der Waals surface area (Å²) >= 11 is 0. The summed E-state index contributed by atoms with van der Waals surface area (Å²) in [5, 5.41) is 3.13. The third-order valence-electron chi connectivity index (χ3n) is 3.07. The first-order chi connectivity index (χ1) is 8.49. The largest absolute Gasteiger partial charge is 0.315 e. The molecule has 4 nitrogen and oxygen atoms in total. The average Bonchev–Trinajstić information content (AvgIpc) is 2.33. The molecule has 108 valence electrons. The molecule has 1 aliphatic rings. The van der Waals surface area contributed by atoms with Gasteiger partial charge >= 0.3 is 0 Å². The maximum Gasteiger partial charge on any atom is 0.240 e. The summed E-state index contributed by atoms with van der Waals surface area (Å²) in [5.41, 5.74) is 0.438. The summed E-state index contributed by atoms with van der Waals surface area (Å²) in [6.45, 7) is 3.13. The molecule has 0 amide bonds. The minimum absolute atomic E-state index is 0. The molecular formula is C12H18ClFN2O2S. The first-order valence-electron chi connectivity index (χ1n) is 5.98. The number of hydrogen-bond donors (Lipinski definition) is 2. The van der Waals surface area contributed by atoms with E-state index in [0.717, 1.165) is 25.5 Å². The lowest BCUT2D eigenvalue weighted by molar-refractivity contribution is 0.428. The lowest BCUT2D eigenvalue weighted by atomic mass is 10.1. The Labute approximate surface area is 119 Å². The smallest absolute Gasteiger partial charge is 0.240 e. The zero-order valence-corrected chi connectivity index (χ0v) is 12.3. The lowest BCUT2D eigenvalue weighted by Crippen LogP contribution is -2.45. The lowest BCUT2D eigenvalue weighted by Gasteiger charge is -2.23. The third kappa shape index (κ3) is 4.14. The standard InChI is InChI=1S/C12H17FN2O2S.ClH/c1-9-4-5-11(7-12(9)13)18(16,17)15-10-3-2-6-14-8-10;/h4-5,7,10,14-15H,2-3,6,8H2,1H3;1H/t10-;/m1./s1. The fourth-order valence-electron chi connectivity index (χ4n) is 1.98. The number of rotatable bonds is 3. The van der Waals surface area contributed by atoms with E-state index in [1.54, 1.807) is 6.92 Å². The number of nitrogens with one attached hydrogen (secondary N) is 2. The Kier molecular flexibility index (Phi) is 5.73. The van der Waals surface area contributed by atoms with Crippen LogP contribution >= 0.6 is 12.4 Å². The van der Waals surface area contributed by atoms with Gasteiger partial charge in [-0.15, -0.1) is 12.4 Å². The maximum atomic E-state index is 13.4. The summed E-state index contributed by atoms with van der Waals surface area (Å²) in [6, 6.07) is 3.85. The Bertz CT molecular complexity index is 531. The Morgan fingerprint density at radius 3 is 2.74 bits per heavy atom. The predicted octanol–water partition coefficient (Wildman–Crippen LogP) is 1.59. The topological polar surface area (TPSA) is 58.2 Å². The van der Waals surface area contributed by atoms with Crippen LogP contribution < -0.4 is 10.0 Å². The van der Waals surface area contributed by atoms with Crippen molar-refractivity contribution in [3.63, 3.8) is 0 Å². The van der Waals surface area contributed by atoms with Gasteiger partial charge in [-0.1, -0.05) is 6.07 Å². The molecule has 1 fully saturated rings. The number of benzene rings is 1. The van der Waals surface area contributed by atoms with Gasteiger partial charge in [-0.25, -0.2) is 17.5 Å². The molecule has 1 atom stereocenters. The highest BCUT2D eigenvalue weighted by atomic mass is 35.5. The monoisotopic (exact) mass is 308 g/mol. The molecule has 1 aliphatic heterocycles. The molecule has 1 saturated heterocycles. The summed E-state index contributed by atoms with van der Waals surface area (Å²) in [6.07, 6.45) is 1.75. The van der Waals surface area contributed by atoms with E-state index >= 15 is 0 Å². The minimum atomic E-state index is -3.63. The van der Waals surface area contributed by atoms with Gasteiger partial charge in [-0.2, -0.15) is 0 Å². The average molecular weight is 309 g/mol. The molecule has 7 heteroatoms.